The van der Waals surface area contributed by atoms with Gasteiger partial charge < -0.3 is 4.98 Å². The van der Waals surface area contributed by atoms with Crippen LogP contribution in [0.1, 0.15) is 42.0 Å². The number of aromatic amines is 1. The van der Waals surface area contributed by atoms with E-state index in [0.717, 1.165) is 18.5 Å². The van der Waals surface area contributed by atoms with Crippen molar-refractivity contribution in [2.75, 3.05) is 0 Å². The molecule has 0 saturated carbocycles. The molecule has 0 fully saturated rings. The molecule has 0 radical (unpaired) electrons. The van der Waals surface area contributed by atoms with E-state index in [0.29, 0.717) is 17.2 Å². The molecule has 0 aliphatic carbocycles. The summed E-state index contributed by atoms with van der Waals surface area (Å²) in [4.78, 5) is 34.7. The van der Waals surface area contributed by atoms with E-state index in [2.05, 4.69) is 21.9 Å². The van der Waals surface area contributed by atoms with Crippen molar-refractivity contribution in [3.63, 3.8) is 0 Å². The van der Waals surface area contributed by atoms with Crippen molar-refractivity contribution in [1.29, 1.82) is 0 Å². The van der Waals surface area contributed by atoms with Crippen LogP contribution in [0.25, 0.3) is 11.5 Å². The van der Waals surface area contributed by atoms with Gasteiger partial charge in [-0.3, -0.25) is 9.59 Å². The number of rotatable bonds is 4. The van der Waals surface area contributed by atoms with Crippen LogP contribution in [0.4, 0.5) is 0 Å². The molecule has 2 rings (SSSR count). The summed E-state index contributed by atoms with van der Waals surface area (Å²) in [5, 5.41) is 0. The molecule has 0 aliphatic heterocycles. The normalized spacial score (nSPS) is 10.6. The molecule has 104 valence electrons. The summed E-state index contributed by atoms with van der Waals surface area (Å²) >= 11 is 0. The highest BCUT2D eigenvalue weighted by molar-refractivity contribution is 5.94. The van der Waals surface area contributed by atoms with Crippen molar-refractivity contribution in [1.82, 2.24) is 15.0 Å². The number of nitrogens with one attached hydrogen (secondary N) is 1. The SMILES string of the molecule is CCCc1cccc(-c2nc(C)c(C(C)=O)c(=O)[nH]2)n1. The first kappa shape index (κ1) is 14.1. The van der Waals surface area contributed by atoms with Crippen LogP contribution in [0.3, 0.4) is 0 Å². The molecule has 0 atom stereocenters. The minimum absolute atomic E-state index is 0.110. The fraction of sp³-hybridized carbons (Fsp3) is 0.333. The number of carbonyl (C=O) groups excluding carboxylic acids is 1. The highest BCUT2D eigenvalue weighted by Gasteiger charge is 2.13. The van der Waals surface area contributed by atoms with Gasteiger partial charge in [0.15, 0.2) is 11.6 Å². The van der Waals surface area contributed by atoms with E-state index in [1.807, 2.05) is 12.1 Å². The number of carbonyl (C=O) groups is 1. The lowest BCUT2D eigenvalue weighted by Gasteiger charge is -2.06. The Morgan fingerprint density at radius 2 is 2.05 bits per heavy atom. The number of aryl methyl sites for hydroxylation is 2. The van der Waals surface area contributed by atoms with E-state index >= 15 is 0 Å². The molecule has 0 bridgehead atoms. The number of nitrogens with zero attached hydrogens (tertiary/aromatic N) is 2. The predicted octanol–water partition coefficient (Wildman–Crippen LogP) is 2.30. The molecule has 0 saturated heterocycles. The molecular formula is C15H17N3O2. The summed E-state index contributed by atoms with van der Waals surface area (Å²) in [6.07, 6.45) is 1.88. The molecule has 1 N–H and O–H groups in total. The second-order valence-corrected chi connectivity index (χ2v) is 4.70. The molecule has 5 nitrogen and oxygen atoms in total. The van der Waals surface area contributed by atoms with E-state index in [4.69, 9.17) is 0 Å². The van der Waals surface area contributed by atoms with Gasteiger partial charge in [-0.15, -0.1) is 0 Å². The molecule has 20 heavy (non-hydrogen) atoms. The highest BCUT2D eigenvalue weighted by Crippen LogP contribution is 2.13. The molecule has 2 aromatic rings. The maximum Gasteiger partial charge on any atom is 0.262 e. The van der Waals surface area contributed by atoms with Crippen molar-refractivity contribution < 1.29 is 4.79 Å². The number of ketones is 1. The van der Waals surface area contributed by atoms with Gasteiger partial charge in [0.2, 0.25) is 0 Å². The molecule has 0 amide bonds. The number of pyridine rings is 1. The van der Waals surface area contributed by atoms with E-state index in [9.17, 15) is 9.59 Å². The molecule has 2 heterocycles. The van der Waals surface area contributed by atoms with E-state index < -0.39 is 5.56 Å². The van der Waals surface area contributed by atoms with Gasteiger partial charge in [-0.2, -0.15) is 0 Å². The van der Waals surface area contributed by atoms with Crippen molar-refractivity contribution in [3.05, 3.63) is 45.5 Å². The van der Waals surface area contributed by atoms with E-state index in [-0.39, 0.29) is 11.3 Å². The van der Waals surface area contributed by atoms with Crippen LogP contribution in [-0.4, -0.2) is 20.7 Å². The standard InChI is InChI=1S/C15H17N3O2/c1-4-6-11-7-5-8-12(17-11)14-16-9(2)13(10(3)19)15(20)18-14/h5,7-8H,4,6H2,1-3H3,(H,16,18,20). The Balaban J connectivity index is 2.51. The molecule has 0 aliphatic rings. The number of Topliss-reactive ketones (excluding diaryl/α,β-unsaturated/α-hetero) is 1. The lowest BCUT2D eigenvalue weighted by Crippen LogP contribution is -2.20. The number of H-pyrrole nitrogens is 1. The van der Waals surface area contributed by atoms with Gasteiger partial charge in [0, 0.05) is 5.69 Å². The first-order valence-electron chi connectivity index (χ1n) is 6.61. The zero-order valence-corrected chi connectivity index (χ0v) is 11.9. The second-order valence-electron chi connectivity index (χ2n) is 4.70. The summed E-state index contributed by atoms with van der Waals surface area (Å²) in [6, 6.07) is 5.63. The third-order valence-corrected chi connectivity index (χ3v) is 3.01. The van der Waals surface area contributed by atoms with Gasteiger partial charge in [0.25, 0.3) is 5.56 Å². The lowest BCUT2D eigenvalue weighted by molar-refractivity contribution is 0.101. The first-order valence-corrected chi connectivity index (χ1v) is 6.61. The average Bonchev–Trinajstić information content (AvgIpc) is 2.38. The van der Waals surface area contributed by atoms with Gasteiger partial charge in [-0.05, 0) is 32.4 Å². The van der Waals surface area contributed by atoms with Crippen LogP contribution >= 0.6 is 0 Å². The monoisotopic (exact) mass is 271 g/mol. The molecule has 0 spiro atoms. The Labute approximate surface area is 117 Å². The third kappa shape index (κ3) is 2.82. The molecule has 2 aromatic heterocycles. The Kier molecular flexibility index (Phi) is 4.08. The molecular weight excluding hydrogens is 254 g/mol. The Hall–Kier alpha value is -2.30. The quantitative estimate of drug-likeness (QED) is 0.866. The number of aromatic nitrogens is 3. The predicted molar refractivity (Wildman–Crippen MR) is 76.8 cm³/mol. The van der Waals surface area contributed by atoms with Crippen molar-refractivity contribution in [2.24, 2.45) is 0 Å². The Morgan fingerprint density at radius 1 is 1.30 bits per heavy atom. The summed E-state index contributed by atoms with van der Waals surface area (Å²) < 4.78 is 0. The zero-order valence-electron chi connectivity index (χ0n) is 11.9. The van der Waals surface area contributed by atoms with Crippen LogP contribution < -0.4 is 5.56 Å². The first-order chi connectivity index (χ1) is 9.52. The summed E-state index contributed by atoms with van der Waals surface area (Å²) in [5.41, 5.74) is 1.70. The van der Waals surface area contributed by atoms with Crippen LogP contribution in [0.5, 0.6) is 0 Å². The maximum atomic E-state index is 11.9. The van der Waals surface area contributed by atoms with Crippen LogP contribution in [0.15, 0.2) is 23.0 Å². The average molecular weight is 271 g/mol. The van der Waals surface area contributed by atoms with Gasteiger partial charge >= 0.3 is 0 Å². The minimum atomic E-state index is -0.414. The number of hydrogen-bond donors (Lipinski definition) is 1. The van der Waals surface area contributed by atoms with Gasteiger partial charge in [-0.25, -0.2) is 9.97 Å². The summed E-state index contributed by atoms with van der Waals surface area (Å²) in [7, 11) is 0. The topological polar surface area (TPSA) is 75.7 Å². The van der Waals surface area contributed by atoms with E-state index in [1.54, 1.807) is 13.0 Å². The van der Waals surface area contributed by atoms with Crippen LogP contribution in [0.2, 0.25) is 0 Å². The van der Waals surface area contributed by atoms with Crippen LogP contribution in [0, 0.1) is 6.92 Å². The van der Waals surface area contributed by atoms with Gasteiger partial charge in [-0.1, -0.05) is 19.4 Å². The smallest absolute Gasteiger partial charge is 0.262 e. The minimum Gasteiger partial charge on any atom is -0.305 e. The fourth-order valence-corrected chi connectivity index (χ4v) is 2.13. The zero-order chi connectivity index (χ0) is 14.7. The molecule has 0 unspecified atom stereocenters. The Morgan fingerprint density at radius 3 is 2.65 bits per heavy atom. The van der Waals surface area contributed by atoms with Crippen molar-refractivity contribution in [3.8, 4) is 11.5 Å². The fourth-order valence-electron chi connectivity index (χ4n) is 2.13. The lowest BCUT2D eigenvalue weighted by atomic mass is 10.1. The largest absolute Gasteiger partial charge is 0.305 e. The summed E-state index contributed by atoms with van der Waals surface area (Å²) in [6.45, 7) is 5.10. The van der Waals surface area contributed by atoms with Gasteiger partial charge in [0.1, 0.15) is 11.3 Å². The van der Waals surface area contributed by atoms with E-state index in [1.165, 1.54) is 6.92 Å². The molecule has 5 heteroatoms. The molecule has 0 aromatic carbocycles. The third-order valence-electron chi connectivity index (χ3n) is 3.01. The van der Waals surface area contributed by atoms with Crippen LogP contribution in [-0.2, 0) is 6.42 Å². The Bertz CT molecular complexity index is 705. The highest BCUT2D eigenvalue weighted by atomic mass is 16.1. The second kappa shape index (κ2) is 5.77. The summed E-state index contributed by atoms with van der Waals surface area (Å²) in [5.74, 6) is 0.117. The van der Waals surface area contributed by atoms with Gasteiger partial charge in [0.05, 0.1) is 5.69 Å². The number of hydrogen-bond acceptors (Lipinski definition) is 4. The van der Waals surface area contributed by atoms with Crippen molar-refractivity contribution >= 4 is 5.78 Å². The van der Waals surface area contributed by atoms with Crippen molar-refractivity contribution in [2.45, 2.75) is 33.6 Å². The maximum absolute atomic E-state index is 11.9.